The summed E-state index contributed by atoms with van der Waals surface area (Å²) in [6.45, 7) is 9.85. The van der Waals surface area contributed by atoms with Crippen LogP contribution in [0, 0.1) is 11.1 Å². The molecule has 0 aliphatic rings. The lowest BCUT2D eigenvalue weighted by Gasteiger charge is -2.27. The monoisotopic (exact) mass is 388 g/mol. The fourth-order valence-corrected chi connectivity index (χ4v) is 2.89. The van der Waals surface area contributed by atoms with Crippen LogP contribution in [-0.2, 0) is 17.8 Å². The van der Waals surface area contributed by atoms with Crippen molar-refractivity contribution in [2.45, 2.75) is 84.8 Å². The van der Waals surface area contributed by atoms with Gasteiger partial charge in [0.1, 0.15) is 0 Å². The van der Waals surface area contributed by atoms with Gasteiger partial charge in [-0.15, -0.1) is 0 Å². The fraction of sp³-hybridized carbons (Fsp3) is 0.714. The molecule has 6 nitrogen and oxygen atoms in total. The summed E-state index contributed by atoms with van der Waals surface area (Å²) in [6.07, 6.45) is 6.75. The first kappa shape index (κ1) is 30.4. The van der Waals surface area contributed by atoms with E-state index in [4.69, 9.17) is 20.9 Å². The van der Waals surface area contributed by atoms with Gasteiger partial charge in [0.05, 0.1) is 12.2 Å². The van der Waals surface area contributed by atoms with E-state index < -0.39 is 5.60 Å². The van der Waals surface area contributed by atoms with Crippen LogP contribution in [0.2, 0.25) is 0 Å². The number of hydrogen-bond donors (Lipinski definition) is 4. The van der Waals surface area contributed by atoms with E-state index in [1.54, 1.807) is 6.92 Å². The predicted octanol–water partition coefficient (Wildman–Crippen LogP) is 4.89. The third-order valence-electron chi connectivity index (χ3n) is 3.92. The van der Waals surface area contributed by atoms with Gasteiger partial charge in [-0.05, 0) is 50.2 Å². The third kappa shape index (κ3) is 16.6. The smallest absolute Gasteiger partial charge is 0.0716 e. The maximum Gasteiger partial charge on any atom is 0.0716 e. The number of benzene rings is 1. The maximum atomic E-state index is 10.7. The number of ether oxygens (including phenoxy) is 1. The summed E-state index contributed by atoms with van der Waals surface area (Å²) in [6, 6.07) is 8.58. The van der Waals surface area contributed by atoms with Crippen LogP contribution in [0.5, 0.6) is 0 Å². The van der Waals surface area contributed by atoms with Gasteiger partial charge in [0.2, 0.25) is 0 Å². The molecular formula is C21H44N2O4. The van der Waals surface area contributed by atoms with E-state index in [2.05, 4.69) is 45.0 Å². The summed E-state index contributed by atoms with van der Waals surface area (Å²) in [5, 5.41) is 18.3. The van der Waals surface area contributed by atoms with Gasteiger partial charge in [0.25, 0.3) is 0 Å². The molecule has 0 saturated heterocycles. The number of aliphatic hydroxyl groups is 2. The number of hydrogen-bond acceptors (Lipinski definition) is 5. The van der Waals surface area contributed by atoms with Gasteiger partial charge in [0.15, 0.2) is 0 Å². The number of rotatable bonds is 11. The molecule has 0 aliphatic carbocycles. The highest BCUT2D eigenvalue weighted by Gasteiger charge is 2.24. The average Bonchev–Trinajstić information content (AvgIpc) is 2.64. The second kappa shape index (κ2) is 21.0. The van der Waals surface area contributed by atoms with E-state index in [9.17, 15) is 5.11 Å². The molecule has 0 atom stereocenters. The van der Waals surface area contributed by atoms with Crippen molar-refractivity contribution in [3.63, 3.8) is 0 Å². The summed E-state index contributed by atoms with van der Waals surface area (Å²) in [7, 11) is 0. The second-order valence-electron chi connectivity index (χ2n) is 6.41. The Labute approximate surface area is 167 Å². The molecule has 0 saturated carbocycles. The summed E-state index contributed by atoms with van der Waals surface area (Å²) in [4.78, 5) is 0. The molecule has 0 heterocycles. The first-order chi connectivity index (χ1) is 12.5. The van der Waals surface area contributed by atoms with Crippen molar-refractivity contribution >= 4 is 0 Å². The SMILES string of the molecule is CCCOCc1cccc(CCC(O)(CCC)CCC)c1.CCO.N=N.O.[HH]. The Bertz CT molecular complexity index is 431. The van der Waals surface area contributed by atoms with E-state index in [0.717, 1.165) is 51.6 Å². The molecule has 0 fully saturated rings. The molecular weight excluding hydrogens is 344 g/mol. The molecule has 6 heteroatoms. The van der Waals surface area contributed by atoms with Crippen molar-refractivity contribution in [1.29, 1.82) is 11.1 Å². The van der Waals surface area contributed by atoms with Gasteiger partial charge in [-0.2, -0.15) is 0 Å². The highest BCUT2D eigenvalue weighted by atomic mass is 16.5. The summed E-state index contributed by atoms with van der Waals surface area (Å²) < 4.78 is 5.60. The van der Waals surface area contributed by atoms with Crippen LogP contribution >= 0.6 is 0 Å². The Hall–Kier alpha value is -1.34. The molecule has 27 heavy (non-hydrogen) atoms. The van der Waals surface area contributed by atoms with Gasteiger partial charge in [-0.3, -0.25) is 0 Å². The summed E-state index contributed by atoms with van der Waals surface area (Å²) >= 11 is 0. The number of aliphatic hydroxyl groups excluding tert-OH is 1. The molecule has 1 aromatic carbocycles. The molecule has 0 unspecified atom stereocenters. The van der Waals surface area contributed by atoms with Crippen molar-refractivity contribution in [2.24, 2.45) is 0 Å². The topological polar surface area (TPSA) is 129 Å². The summed E-state index contributed by atoms with van der Waals surface area (Å²) in [5.74, 6) is 0. The minimum atomic E-state index is -0.488. The molecule has 6 N–H and O–H groups in total. The number of aryl methyl sites for hydroxylation is 1. The molecule has 0 bridgehead atoms. The minimum Gasteiger partial charge on any atom is -0.412 e. The maximum absolute atomic E-state index is 10.7. The average molecular weight is 389 g/mol. The van der Waals surface area contributed by atoms with Crippen LogP contribution in [0.1, 0.15) is 78.8 Å². The zero-order chi connectivity index (χ0) is 20.3. The quantitative estimate of drug-likeness (QED) is 0.318. The van der Waals surface area contributed by atoms with Crippen LogP contribution in [0.25, 0.3) is 0 Å². The number of nitrogens with one attached hydrogen (secondary N) is 2. The van der Waals surface area contributed by atoms with E-state index in [1.807, 2.05) is 0 Å². The normalized spacial score (nSPS) is 10.0. The Kier molecular flexibility index (Phi) is 23.6. The van der Waals surface area contributed by atoms with E-state index in [1.165, 1.54) is 11.1 Å². The molecule has 0 spiro atoms. The van der Waals surface area contributed by atoms with Gasteiger partial charge in [0, 0.05) is 14.6 Å². The van der Waals surface area contributed by atoms with Crippen molar-refractivity contribution in [2.75, 3.05) is 13.2 Å². The zero-order valence-electron chi connectivity index (χ0n) is 17.7. The Morgan fingerprint density at radius 2 is 1.48 bits per heavy atom. The first-order valence-corrected chi connectivity index (χ1v) is 9.78. The largest absolute Gasteiger partial charge is 0.412 e. The van der Waals surface area contributed by atoms with Crippen molar-refractivity contribution < 1.29 is 21.9 Å². The van der Waals surface area contributed by atoms with Gasteiger partial charge in [-0.1, -0.05) is 57.9 Å². The Balaban J connectivity index is -0.000000374. The van der Waals surface area contributed by atoms with Crippen molar-refractivity contribution in [1.82, 2.24) is 0 Å². The lowest BCUT2D eigenvalue weighted by molar-refractivity contribution is 0.0132. The van der Waals surface area contributed by atoms with Crippen LogP contribution < -0.4 is 0 Å². The molecule has 0 aliphatic heterocycles. The highest BCUT2D eigenvalue weighted by Crippen LogP contribution is 2.25. The van der Waals surface area contributed by atoms with E-state index >= 15 is 0 Å². The fourth-order valence-electron chi connectivity index (χ4n) is 2.89. The van der Waals surface area contributed by atoms with Crippen LogP contribution in [-0.4, -0.2) is 34.5 Å². The van der Waals surface area contributed by atoms with Crippen LogP contribution in [0.3, 0.4) is 0 Å². The molecule has 0 amide bonds. The summed E-state index contributed by atoms with van der Waals surface area (Å²) in [5.41, 5.74) is 12.0. The van der Waals surface area contributed by atoms with Gasteiger partial charge in [-0.25, -0.2) is 11.1 Å². The molecule has 1 aromatic rings. The van der Waals surface area contributed by atoms with E-state index in [0.29, 0.717) is 6.61 Å². The molecule has 162 valence electrons. The van der Waals surface area contributed by atoms with Crippen LogP contribution in [0.15, 0.2) is 24.3 Å². The standard InChI is InChI=1S/C19H32O2.C2H6O.H2N2.H2O.H2/c1-4-11-19(20,12-5-2)13-10-17-8-7-9-18(15-17)16-21-14-6-3;1-2-3;1-2;;/h7-9,15,20H,4-6,10-14,16H2,1-3H3;3H,2H2,1H3;1-2H;1H2;1H. The molecule has 1 rings (SSSR count). The highest BCUT2D eigenvalue weighted by molar-refractivity contribution is 5.23. The van der Waals surface area contributed by atoms with E-state index in [-0.39, 0.29) is 13.5 Å². The van der Waals surface area contributed by atoms with Gasteiger partial charge >= 0.3 is 0 Å². The van der Waals surface area contributed by atoms with Crippen LogP contribution in [0.4, 0.5) is 0 Å². The minimum absolute atomic E-state index is 0. The van der Waals surface area contributed by atoms with Crippen molar-refractivity contribution in [3.05, 3.63) is 35.4 Å². The third-order valence-corrected chi connectivity index (χ3v) is 3.92. The second-order valence-corrected chi connectivity index (χ2v) is 6.41. The predicted molar refractivity (Wildman–Crippen MR) is 113 cm³/mol. The molecule has 0 radical (unpaired) electrons. The van der Waals surface area contributed by atoms with Gasteiger partial charge < -0.3 is 20.4 Å². The lowest BCUT2D eigenvalue weighted by atomic mass is 9.86. The zero-order valence-corrected chi connectivity index (χ0v) is 17.7. The first-order valence-electron chi connectivity index (χ1n) is 9.78. The lowest BCUT2D eigenvalue weighted by Crippen LogP contribution is -2.28. The Morgan fingerprint density at radius 1 is 0.963 bits per heavy atom. The van der Waals surface area contributed by atoms with Crippen molar-refractivity contribution in [3.8, 4) is 0 Å². The molecule has 0 aromatic heterocycles. The Morgan fingerprint density at radius 3 is 1.96 bits per heavy atom.